The van der Waals surface area contributed by atoms with E-state index in [2.05, 4.69) is 14.9 Å². The van der Waals surface area contributed by atoms with Crippen LogP contribution in [0.3, 0.4) is 0 Å². The first kappa shape index (κ1) is 15.3. The Bertz CT molecular complexity index is 738. The van der Waals surface area contributed by atoms with Crippen molar-refractivity contribution in [1.82, 2.24) is 10.2 Å². The number of rotatable bonds is 5. The van der Waals surface area contributed by atoms with E-state index in [-0.39, 0.29) is 10.6 Å². The number of hydrogen-bond donors (Lipinski definition) is 3. The third-order valence-electron chi connectivity index (χ3n) is 3.06. The number of hydrogen-bond acceptors (Lipinski definition) is 5. The van der Waals surface area contributed by atoms with E-state index in [1.807, 2.05) is 32.0 Å². The van der Waals surface area contributed by atoms with Crippen molar-refractivity contribution in [2.75, 3.05) is 23.7 Å². The first-order chi connectivity index (χ1) is 9.85. The number of aliphatic hydroxyl groups is 1. The zero-order valence-corrected chi connectivity index (χ0v) is 12.9. The molecule has 1 aromatic heterocycles. The van der Waals surface area contributed by atoms with E-state index in [1.165, 1.54) is 6.20 Å². The van der Waals surface area contributed by atoms with E-state index in [0.717, 1.165) is 11.3 Å². The molecule has 0 saturated carbocycles. The zero-order chi connectivity index (χ0) is 15.6. The van der Waals surface area contributed by atoms with Gasteiger partial charge in [-0.05, 0) is 24.6 Å². The number of sulfonamides is 1. The molecule has 1 aromatic carbocycles. The van der Waals surface area contributed by atoms with E-state index in [0.29, 0.717) is 5.69 Å². The van der Waals surface area contributed by atoms with Crippen LogP contribution >= 0.6 is 0 Å². The standard InChI is InChI=1S/C13H18N4O3S/c1-9-4-5-11(6-12(9)17(2)3)16-21(19,20)13-10(8-18)7-14-15-13/h4-7,16,18H,8H2,1-3H3,(H,14,15). The van der Waals surface area contributed by atoms with Crippen molar-refractivity contribution in [2.24, 2.45) is 0 Å². The predicted molar refractivity (Wildman–Crippen MR) is 80.8 cm³/mol. The fraction of sp³-hybridized carbons (Fsp3) is 0.308. The van der Waals surface area contributed by atoms with Gasteiger partial charge in [0.1, 0.15) is 0 Å². The molecular formula is C13H18N4O3S. The number of anilines is 2. The van der Waals surface area contributed by atoms with Crippen molar-refractivity contribution in [2.45, 2.75) is 18.6 Å². The van der Waals surface area contributed by atoms with Gasteiger partial charge in [-0.25, -0.2) is 0 Å². The largest absolute Gasteiger partial charge is 0.392 e. The number of benzene rings is 1. The molecule has 0 aliphatic carbocycles. The number of H-pyrrole nitrogens is 1. The number of nitrogens with zero attached hydrogens (tertiary/aromatic N) is 2. The average Bonchev–Trinajstić information content (AvgIpc) is 2.89. The number of aromatic nitrogens is 2. The lowest BCUT2D eigenvalue weighted by Gasteiger charge is -2.17. The van der Waals surface area contributed by atoms with Crippen LogP contribution in [0.1, 0.15) is 11.1 Å². The minimum atomic E-state index is -3.81. The van der Waals surface area contributed by atoms with Gasteiger partial charge in [0.05, 0.1) is 18.5 Å². The average molecular weight is 310 g/mol. The fourth-order valence-corrected chi connectivity index (χ4v) is 3.18. The van der Waals surface area contributed by atoms with Crippen molar-refractivity contribution in [3.05, 3.63) is 35.5 Å². The Morgan fingerprint density at radius 1 is 1.38 bits per heavy atom. The maximum Gasteiger partial charge on any atom is 0.279 e. The summed E-state index contributed by atoms with van der Waals surface area (Å²) in [7, 11) is -0.0381. The van der Waals surface area contributed by atoms with Gasteiger partial charge < -0.3 is 10.0 Å². The van der Waals surface area contributed by atoms with Crippen LogP contribution in [-0.4, -0.2) is 37.8 Å². The lowest BCUT2D eigenvalue weighted by atomic mass is 10.2. The topological polar surface area (TPSA) is 98.3 Å². The van der Waals surface area contributed by atoms with Crippen LogP contribution in [0.25, 0.3) is 0 Å². The normalized spacial score (nSPS) is 11.4. The van der Waals surface area contributed by atoms with Gasteiger partial charge in [0.2, 0.25) is 0 Å². The maximum atomic E-state index is 12.3. The van der Waals surface area contributed by atoms with Crippen molar-refractivity contribution in [3.63, 3.8) is 0 Å². The minimum absolute atomic E-state index is 0.128. The summed E-state index contributed by atoms with van der Waals surface area (Å²) >= 11 is 0. The zero-order valence-electron chi connectivity index (χ0n) is 12.1. The molecule has 0 fully saturated rings. The molecule has 0 bridgehead atoms. The van der Waals surface area contributed by atoms with E-state index in [1.54, 1.807) is 12.1 Å². The minimum Gasteiger partial charge on any atom is -0.392 e. The Morgan fingerprint density at radius 3 is 2.71 bits per heavy atom. The Hall–Kier alpha value is -2.06. The second kappa shape index (κ2) is 5.74. The highest BCUT2D eigenvalue weighted by Crippen LogP contribution is 2.24. The molecule has 0 aliphatic rings. The van der Waals surface area contributed by atoms with Crippen molar-refractivity contribution in [1.29, 1.82) is 0 Å². The summed E-state index contributed by atoms with van der Waals surface area (Å²) in [6, 6.07) is 5.28. The molecule has 0 aliphatic heterocycles. The Morgan fingerprint density at radius 2 is 2.10 bits per heavy atom. The van der Waals surface area contributed by atoms with Crippen molar-refractivity contribution < 1.29 is 13.5 Å². The third-order valence-corrected chi connectivity index (χ3v) is 4.46. The molecule has 0 amide bonds. The molecular weight excluding hydrogens is 292 g/mol. The summed E-state index contributed by atoms with van der Waals surface area (Å²) in [5.74, 6) is 0. The molecule has 8 heteroatoms. The molecule has 0 spiro atoms. The number of aromatic amines is 1. The first-order valence-electron chi connectivity index (χ1n) is 6.29. The predicted octanol–water partition coefficient (Wildman–Crippen LogP) is 1.08. The molecule has 0 atom stereocenters. The van der Waals surface area contributed by atoms with E-state index < -0.39 is 16.6 Å². The monoisotopic (exact) mass is 310 g/mol. The molecule has 2 rings (SSSR count). The highest BCUT2D eigenvalue weighted by molar-refractivity contribution is 7.92. The Balaban J connectivity index is 2.35. The van der Waals surface area contributed by atoms with Crippen molar-refractivity contribution >= 4 is 21.4 Å². The number of aryl methyl sites for hydroxylation is 1. The van der Waals surface area contributed by atoms with Crippen LogP contribution in [0.2, 0.25) is 0 Å². The van der Waals surface area contributed by atoms with Gasteiger partial charge in [0, 0.05) is 25.3 Å². The molecule has 114 valence electrons. The van der Waals surface area contributed by atoms with Gasteiger partial charge in [-0.2, -0.15) is 13.5 Å². The lowest BCUT2D eigenvalue weighted by Crippen LogP contribution is -2.16. The molecule has 0 unspecified atom stereocenters. The maximum absolute atomic E-state index is 12.3. The van der Waals surface area contributed by atoms with Crippen molar-refractivity contribution in [3.8, 4) is 0 Å². The lowest BCUT2D eigenvalue weighted by molar-refractivity contribution is 0.278. The molecule has 21 heavy (non-hydrogen) atoms. The summed E-state index contributed by atoms with van der Waals surface area (Å²) in [5, 5.41) is 15.0. The fourth-order valence-electron chi connectivity index (χ4n) is 2.01. The molecule has 7 nitrogen and oxygen atoms in total. The summed E-state index contributed by atoms with van der Waals surface area (Å²) < 4.78 is 27.1. The summed E-state index contributed by atoms with van der Waals surface area (Å²) in [6.07, 6.45) is 1.29. The third kappa shape index (κ3) is 3.17. The summed E-state index contributed by atoms with van der Waals surface area (Å²) in [4.78, 5) is 1.91. The molecule has 1 heterocycles. The molecule has 3 N–H and O–H groups in total. The van der Waals surface area contributed by atoms with Crippen LogP contribution in [0.5, 0.6) is 0 Å². The molecule has 0 radical (unpaired) electrons. The van der Waals surface area contributed by atoms with Gasteiger partial charge in [-0.3, -0.25) is 9.82 Å². The SMILES string of the molecule is Cc1ccc(NS(=O)(=O)c2[nH]ncc2CO)cc1N(C)C. The van der Waals surface area contributed by atoms with Gasteiger partial charge in [0.25, 0.3) is 10.0 Å². The number of aliphatic hydroxyl groups excluding tert-OH is 1. The highest BCUT2D eigenvalue weighted by Gasteiger charge is 2.21. The van der Waals surface area contributed by atoms with Gasteiger partial charge in [-0.1, -0.05) is 6.07 Å². The van der Waals surface area contributed by atoms with E-state index in [9.17, 15) is 8.42 Å². The second-order valence-corrected chi connectivity index (χ2v) is 6.50. The summed E-state index contributed by atoms with van der Waals surface area (Å²) in [6.45, 7) is 1.55. The number of nitrogens with one attached hydrogen (secondary N) is 2. The first-order valence-corrected chi connectivity index (χ1v) is 7.77. The van der Waals surface area contributed by atoms with Crippen LogP contribution in [0, 0.1) is 6.92 Å². The molecule has 0 saturated heterocycles. The van der Waals surface area contributed by atoms with Crippen LogP contribution in [-0.2, 0) is 16.6 Å². The van der Waals surface area contributed by atoms with Crippen LogP contribution < -0.4 is 9.62 Å². The summed E-state index contributed by atoms with van der Waals surface area (Å²) in [5.41, 5.74) is 2.63. The second-order valence-electron chi connectivity index (χ2n) is 4.88. The van der Waals surface area contributed by atoms with Crippen LogP contribution in [0.15, 0.2) is 29.4 Å². The smallest absolute Gasteiger partial charge is 0.279 e. The highest BCUT2D eigenvalue weighted by atomic mass is 32.2. The van der Waals surface area contributed by atoms with E-state index >= 15 is 0 Å². The van der Waals surface area contributed by atoms with Crippen LogP contribution in [0.4, 0.5) is 11.4 Å². The van der Waals surface area contributed by atoms with Gasteiger partial charge in [-0.15, -0.1) is 0 Å². The van der Waals surface area contributed by atoms with Gasteiger partial charge in [0.15, 0.2) is 5.03 Å². The Labute approximate surface area is 123 Å². The Kier molecular flexibility index (Phi) is 4.19. The quantitative estimate of drug-likeness (QED) is 0.767. The van der Waals surface area contributed by atoms with Gasteiger partial charge >= 0.3 is 0 Å². The molecule has 2 aromatic rings. The van der Waals surface area contributed by atoms with E-state index in [4.69, 9.17) is 5.11 Å².